The first-order chi connectivity index (χ1) is 22.9. The van der Waals surface area contributed by atoms with Crippen molar-refractivity contribution in [3.63, 3.8) is 0 Å². The minimum atomic E-state index is -3.32. The molecule has 0 radical (unpaired) electrons. The lowest BCUT2D eigenvalue weighted by Crippen LogP contribution is -2.19. The Bertz CT molecular complexity index is 1020. The molecule has 0 aliphatic rings. The van der Waals surface area contributed by atoms with Crippen molar-refractivity contribution >= 4 is 20.0 Å². The molecular formula is C40H86N2O6S2. The molecule has 0 unspecified atom stereocenters. The summed E-state index contributed by atoms with van der Waals surface area (Å²) in [5.41, 5.74) is 1.30. The van der Waals surface area contributed by atoms with Gasteiger partial charge in [-0.2, -0.15) is 0 Å². The molecule has 10 heteroatoms. The molecule has 0 aromatic heterocycles. The van der Waals surface area contributed by atoms with E-state index < -0.39 is 20.0 Å². The van der Waals surface area contributed by atoms with Gasteiger partial charge in [0.1, 0.15) is 0 Å². The van der Waals surface area contributed by atoms with Gasteiger partial charge in [0.25, 0.3) is 0 Å². The van der Waals surface area contributed by atoms with Gasteiger partial charge in [-0.15, -0.1) is 0 Å². The van der Waals surface area contributed by atoms with Crippen molar-refractivity contribution in [3.8, 4) is 0 Å². The first kappa shape index (κ1) is 51.8. The van der Waals surface area contributed by atoms with Crippen LogP contribution in [0.25, 0.3) is 0 Å². The van der Waals surface area contributed by atoms with Crippen LogP contribution < -0.4 is 10.3 Å². The molecule has 0 aromatic rings. The van der Waals surface area contributed by atoms with Gasteiger partial charge in [0.05, 0.1) is 11.5 Å². The third-order valence-electron chi connectivity index (χ3n) is 10.3. The van der Waals surface area contributed by atoms with Crippen LogP contribution in [0, 0.1) is 21.7 Å². The van der Waals surface area contributed by atoms with Gasteiger partial charge in [0.2, 0.25) is 20.0 Å². The van der Waals surface area contributed by atoms with E-state index >= 15 is 0 Å². The van der Waals surface area contributed by atoms with E-state index in [2.05, 4.69) is 69.2 Å². The number of nitrogens with two attached hydrogens (primary N) is 2. The Kier molecular flexibility index (Phi) is 28.4. The van der Waals surface area contributed by atoms with Crippen molar-refractivity contribution in [2.75, 3.05) is 37.9 Å². The Hall–Kier alpha value is -0.260. The minimum absolute atomic E-state index is 0.0916. The Morgan fingerprint density at radius 3 is 0.920 bits per heavy atom. The highest BCUT2D eigenvalue weighted by Crippen LogP contribution is 2.31. The Morgan fingerprint density at radius 1 is 0.400 bits per heavy atom. The number of ether oxygens (including phenoxy) is 2. The van der Waals surface area contributed by atoms with Crippen molar-refractivity contribution in [1.82, 2.24) is 0 Å². The Labute approximate surface area is 312 Å². The molecule has 0 spiro atoms. The molecule has 0 saturated heterocycles. The molecule has 0 aliphatic carbocycles. The maximum absolute atomic E-state index is 11.0. The summed E-state index contributed by atoms with van der Waals surface area (Å²) in [6.07, 6.45) is 22.3. The van der Waals surface area contributed by atoms with E-state index in [1.54, 1.807) is 0 Å². The van der Waals surface area contributed by atoms with E-state index in [0.717, 1.165) is 90.6 Å². The summed E-state index contributed by atoms with van der Waals surface area (Å²) in [6, 6.07) is 0. The summed E-state index contributed by atoms with van der Waals surface area (Å²) in [7, 11) is -6.64. The Morgan fingerprint density at radius 2 is 0.660 bits per heavy atom. The second-order valence-corrected chi connectivity index (χ2v) is 21.6. The summed E-state index contributed by atoms with van der Waals surface area (Å²) in [5, 5.41) is 10.1. The monoisotopic (exact) mass is 755 g/mol. The van der Waals surface area contributed by atoms with Crippen LogP contribution in [0.3, 0.4) is 0 Å². The van der Waals surface area contributed by atoms with Gasteiger partial charge < -0.3 is 9.47 Å². The van der Waals surface area contributed by atoms with E-state index in [4.69, 9.17) is 19.8 Å². The van der Waals surface area contributed by atoms with E-state index in [-0.39, 0.29) is 22.3 Å². The molecule has 0 atom stereocenters. The normalized spacial score (nSPS) is 13.4. The Balaban J connectivity index is 0. The van der Waals surface area contributed by atoms with Gasteiger partial charge in [-0.1, -0.05) is 114 Å². The summed E-state index contributed by atoms with van der Waals surface area (Å²) < 4.78 is 55.4. The smallest absolute Gasteiger partial charge is 0.209 e. The average Bonchev–Trinajstić information content (AvgIpc) is 2.97. The third-order valence-corrected chi connectivity index (χ3v) is 12.0. The van der Waals surface area contributed by atoms with Gasteiger partial charge in [-0.05, 0) is 105 Å². The first-order valence-electron chi connectivity index (χ1n) is 20.1. The van der Waals surface area contributed by atoms with Crippen molar-refractivity contribution in [3.05, 3.63) is 0 Å². The second kappa shape index (κ2) is 27.3. The fraction of sp³-hybridized carbons (Fsp3) is 1.00. The van der Waals surface area contributed by atoms with Crippen LogP contribution in [0.4, 0.5) is 0 Å². The van der Waals surface area contributed by atoms with E-state index in [1.807, 2.05) is 0 Å². The predicted octanol–water partition coefficient (Wildman–Crippen LogP) is 10.5. The predicted molar refractivity (Wildman–Crippen MR) is 216 cm³/mol. The summed E-state index contributed by atoms with van der Waals surface area (Å²) in [6.45, 7) is 26.2. The third kappa shape index (κ3) is 39.0. The number of rotatable bonds is 32. The number of primary sulfonamides is 2. The second-order valence-electron chi connectivity index (χ2n) is 18.1. The summed E-state index contributed by atoms with van der Waals surface area (Å²) >= 11 is 0. The van der Waals surface area contributed by atoms with E-state index in [9.17, 15) is 16.8 Å². The molecule has 0 aromatic carbocycles. The van der Waals surface area contributed by atoms with Crippen LogP contribution in [0.1, 0.15) is 198 Å². The van der Waals surface area contributed by atoms with Crippen LogP contribution >= 0.6 is 0 Å². The highest BCUT2D eigenvalue weighted by Gasteiger charge is 2.20. The van der Waals surface area contributed by atoms with Crippen LogP contribution in [0.15, 0.2) is 0 Å². The van der Waals surface area contributed by atoms with Crippen LogP contribution in [-0.4, -0.2) is 54.8 Å². The molecule has 0 heterocycles. The molecule has 4 N–H and O–H groups in total. The molecule has 0 amide bonds. The highest BCUT2D eigenvalue weighted by atomic mass is 32.2. The molecule has 0 saturated carbocycles. The number of hydrogen-bond acceptors (Lipinski definition) is 6. The molecule has 50 heavy (non-hydrogen) atoms. The topological polar surface area (TPSA) is 139 Å². The number of unbranched alkanes of at least 4 members (excludes halogenated alkanes) is 5. The van der Waals surface area contributed by atoms with Crippen molar-refractivity contribution in [2.24, 2.45) is 31.9 Å². The van der Waals surface area contributed by atoms with Gasteiger partial charge in [-0.3, -0.25) is 0 Å². The number of hydrogen-bond donors (Lipinski definition) is 2. The maximum Gasteiger partial charge on any atom is 0.209 e. The molecule has 0 aliphatic heterocycles. The lowest BCUT2D eigenvalue weighted by molar-refractivity contribution is 0.119. The van der Waals surface area contributed by atoms with Crippen LogP contribution in [0.2, 0.25) is 0 Å². The van der Waals surface area contributed by atoms with Gasteiger partial charge in [0.15, 0.2) is 0 Å². The lowest BCUT2D eigenvalue weighted by atomic mass is 9.82. The molecule has 0 rings (SSSR count). The highest BCUT2D eigenvalue weighted by molar-refractivity contribution is 7.89. The van der Waals surface area contributed by atoms with Crippen molar-refractivity contribution in [1.29, 1.82) is 0 Å². The van der Waals surface area contributed by atoms with Crippen molar-refractivity contribution in [2.45, 2.75) is 198 Å². The SMILES string of the molecule is CCC(C)(C)CCCCOCCCCC(C)(C)CCCS(N)(=O)=O.CCCCC(C)(C)CCCCOCCCCC(C)(C)CCCS(N)(=O)=O. The fourth-order valence-electron chi connectivity index (χ4n) is 6.15. The largest absolute Gasteiger partial charge is 0.381 e. The molecule has 0 bridgehead atoms. The van der Waals surface area contributed by atoms with Gasteiger partial charge in [-0.25, -0.2) is 27.1 Å². The van der Waals surface area contributed by atoms with E-state index in [1.165, 1.54) is 51.4 Å². The quantitative estimate of drug-likeness (QED) is 0.0656. The standard InChI is InChI=1S/C21H45NO3S.C19H41NO3S/c1-6-7-13-20(2,3)14-8-10-17-25-18-11-9-15-21(4,5)16-12-19-26(22,23)24;1-6-18(2,3)12-7-9-15-23-16-10-8-13-19(4,5)14-11-17-24(20,21)22/h6-19H2,1-5H3,(H2,22,23,24);6-17H2,1-5H3,(H2,20,21,22). The van der Waals surface area contributed by atoms with Gasteiger partial charge in [0, 0.05) is 26.4 Å². The van der Waals surface area contributed by atoms with Crippen LogP contribution in [0.5, 0.6) is 0 Å². The summed E-state index contributed by atoms with van der Waals surface area (Å²) in [5.74, 6) is 0.184. The fourth-order valence-corrected chi connectivity index (χ4v) is 7.24. The van der Waals surface area contributed by atoms with Crippen molar-refractivity contribution < 1.29 is 26.3 Å². The zero-order valence-electron chi connectivity index (χ0n) is 34.8. The molecular weight excluding hydrogens is 669 g/mol. The zero-order chi connectivity index (χ0) is 38.8. The lowest BCUT2D eigenvalue weighted by Gasteiger charge is -2.24. The van der Waals surface area contributed by atoms with Crippen LogP contribution in [-0.2, 0) is 29.5 Å². The van der Waals surface area contributed by atoms with E-state index in [0.29, 0.717) is 23.7 Å². The number of sulfonamides is 2. The maximum atomic E-state index is 11.0. The molecule has 0 fully saturated rings. The van der Waals surface area contributed by atoms with Gasteiger partial charge >= 0.3 is 0 Å². The molecule has 304 valence electrons. The average molecular weight is 755 g/mol. The first-order valence-corrected chi connectivity index (χ1v) is 23.5. The minimum Gasteiger partial charge on any atom is -0.381 e. The molecule has 8 nitrogen and oxygen atoms in total. The summed E-state index contributed by atoms with van der Waals surface area (Å²) in [4.78, 5) is 0. The zero-order valence-corrected chi connectivity index (χ0v) is 36.4.